The Kier molecular flexibility index (Phi) is 8.33. The highest BCUT2D eigenvalue weighted by Crippen LogP contribution is 2.22. The number of carbonyl (C=O) groups excluding carboxylic acids is 1. The smallest absolute Gasteiger partial charge is 0.263 e. The summed E-state index contributed by atoms with van der Waals surface area (Å²) in [6.45, 7) is 7.25. The first-order valence-corrected chi connectivity index (χ1v) is 11.1. The Morgan fingerprint density at radius 2 is 2.00 bits per heavy atom. The molecule has 0 aromatic heterocycles. The fraction of sp³-hybridized carbons (Fsp3) is 0.440. The number of aryl methyl sites for hydroxylation is 2. The number of rotatable bonds is 10. The Labute approximate surface area is 188 Å². The average molecular weight is 444 g/mol. The molecule has 1 aliphatic rings. The molecule has 3 rings (SSSR count). The minimum absolute atomic E-state index is 0.0638. The van der Waals surface area contributed by atoms with Crippen molar-refractivity contribution in [2.24, 2.45) is 4.99 Å². The van der Waals surface area contributed by atoms with Crippen molar-refractivity contribution in [3.8, 4) is 0 Å². The number of nitrogens with one attached hydrogen (secondary N) is 2. The largest absolute Gasteiger partial charge is 0.468 e. The lowest BCUT2D eigenvalue weighted by atomic mass is 9.97. The van der Waals surface area contributed by atoms with Crippen molar-refractivity contribution in [3.63, 3.8) is 0 Å². The van der Waals surface area contributed by atoms with Gasteiger partial charge in [0.1, 0.15) is 17.7 Å². The van der Waals surface area contributed by atoms with E-state index in [2.05, 4.69) is 46.8 Å². The van der Waals surface area contributed by atoms with Crippen LogP contribution in [0, 0.1) is 18.6 Å². The van der Waals surface area contributed by atoms with Crippen molar-refractivity contribution in [1.29, 1.82) is 0 Å². The number of carbonyl (C=O) groups is 1. The third-order valence-electron chi connectivity index (χ3n) is 5.74. The first kappa shape index (κ1) is 23.9. The van der Waals surface area contributed by atoms with Gasteiger partial charge in [-0.15, -0.1) is 0 Å². The molecule has 0 fully saturated rings. The van der Waals surface area contributed by atoms with Crippen LogP contribution in [0.5, 0.6) is 0 Å². The number of amides is 1. The standard InChI is InChI=1S/C25H31F2N3O2/c1-4-18-6-5-7-19(11-18)14-28-9-8-17(3)30-25(31)24-23(29-15-32-24)13-21-16(2)10-20(26)12-22(21)27/h5-7,10-12,15,17,23-24,28H,4,8-9,13-14H2,1-3H3,(H,30,31). The maximum Gasteiger partial charge on any atom is 0.263 e. The molecule has 3 atom stereocenters. The van der Waals surface area contributed by atoms with E-state index in [1.807, 2.05) is 6.92 Å². The average Bonchev–Trinajstić information content (AvgIpc) is 3.22. The zero-order valence-corrected chi connectivity index (χ0v) is 18.8. The minimum atomic E-state index is -0.828. The number of benzene rings is 2. The summed E-state index contributed by atoms with van der Waals surface area (Å²) in [7, 11) is 0. The van der Waals surface area contributed by atoms with Gasteiger partial charge in [-0.25, -0.2) is 8.78 Å². The molecule has 172 valence electrons. The molecule has 0 bridgehead atoms. The molecule has 2 aromatic carbocycles. The number of aliphatic imine (C=N–C) groups is 1. The van der Waals surface area contributed by atoms with Crippen LogP contribution in [0.15, 0.2) is 41.4 Å². The van der Waals surface area contributed by atoms with Gasteiger partial charge >= 0.3 is 0 Å². The first-order chi connectivity index (χ1) is 15.4. The molecule has 32 heavy (non-hydrogen) atoms. The zero-order valence-electron chi connectivity index (χ0n) is 18.8. The van der Waals surface area contributed by atoms with Crippen molar-refractivity contribution in [2.45, 2.75) is 64.8 Å². The van der Waals surface area contributed by atoms with Crippen molar-refractivity contribution < 1.29 is 18.3 Å². The SMILES string of the molecule is CCc1cccc(CNCCC(C)NC(=O)C2OC=NC2Cc2c(C)cc(F)cc2F)c1. The fourth-order valence-corrected chi connectivity index (χ4v) is 3.85. The molecule has 1 aliphatic heterocycles. The van der Waals surface area contributed by atoms with Crippen molar-refractivity contribution in [2.75, 3.05) is 6.54 Å². The summed E-state index contributed by atoms with van der Waals surface area (Å²) in [5.74, 6) is -1.53. The quantitative estimate of drug-likeness (QED) is 0.548. The minimum Gasteiger partial charge on any atom is -0.468 e. The van der Waals surface area contributed by atoms with Gasteiger partial charge in [-0.3, -0.25) is 9.79 Å². The normalized spacial score (nSPS) is 18.4. The molecular formula is C25H31F2N3O2. The van der Waals surface area contributed by atoms with E-state index in [1.54, 1.807) is 6.92 Å². The predicted octanol–water partition coefficient (Wildman–Crippen LogP) is 3.86. The van der Waals surface area contributed by atoms with Crippen molar-refractivity contribution in [1.82, 2.24) is 10.6 Å². The van der Waals surface area contributed by atoms with Gasteiger partial charge < -0.3 is 15.4 Å². The van der Waals surface area contributed by atoms with E-state index in [9.17, 15) is 13.6 Å². The second-order valence-corrected chi connectivity index (χ2v) is 8.31. The Bertz CT molecular complexity index is 941. The molecular weight excluding hydrogens is 412 g/mol. The van der Waals surface area contributed by atoms with Gasteiger partial charge in [-0.1, -0.05) is 31.2 Å². The third kappa shape index (κ3) is 6.36. The van der Waals surface area contributed by atoms with Crippen LogP contribution in [0.25, 0.3) is 0 Å². The van der Waals surface area contributed by atoms with Gasteiger partial charge in [0.05, 0.1) is 0 Å². The molecule has 2 N–H and O–H groups in total. The van der Waals surface area contributed by atoms with E-state index in [0.717, 1.165) is 32.0 Å². The maximum absolute atomic E-state index is 14.2. The summed E-state index contributed by atoms with van der Waals surface area (Å²) in [4.78, 5) is 16.9. The zero-order chi connectivity index (χ0) is 23.1. The van der Waals surface area contributed by atoms with Crippen molar-refractivity contribution >= 4 is 12.3 Å². The van der Waals surface area contributed by atoms with E-state index in [0.29, 0.717) is 11.1 Å². The topological polar surface area (TPSA) is 62.7 Å². The molecule has 0 saturated heterocycles. The van der Waals surface area contributed by atoms with Crippen molar-refractivity contribution in [3.05, 3.63) is 70.3 Å². The second kappa shape index (κ2) is 11.2. The lowest BCUT2D eigenvalue weighted by molar-refractivity contribution is -0.129. The van der Waals surface area contributed by atoms with E-state index in [-0.39, 0.29) is 18.4 Å². The molecule has 7 heteroatoms. The number of ether oxygens (including phenoxy) is 1. The monoisotopic (exact) mass is 443 g/mol. The maximum atomic E-state index is 14.2. The second-order valence-electron chi connectivity index (χ2n) is 8.31. The highest BCUT2D eigenvalue weighted by atomic mass is 19.1. The Hall–Kier alpha value is -2.80. The lowest BCUT2D eigenvalue weighted by Gasteiger charge is -2.21. The molecule has 0 spiro atoms. The van der Waals surface area contributed by atoms with E-state index in [1.165, 1.54) is 23.6 Å². The Morgan fingerprint density at radius 3 is 2.75 bits per heavy atom. The van der Waals surface area contributed by atoms with Gasteiger partial charge in [0.2, 0.25) is 6.10 Å². The lowest BCUT2D eigenvalue weighted by Crippen LogP contribution is -2.45. The van der Waals surface area contributed by atoms with Gasteiger partial charge in [-0.05, 0) is 61.6 Å². The third-order valence-corrected chi connectivity index (χ3v) is 5.74. The van der Waals surface area contributed by atoms with Gasteiger partial charge in [0.25, 0.3) is 5.91 Å². The summed E-state index contributed by atoms with van der Waals surface area (Å²) < 4.78 is 33.0. The van der Waals surface area contributed by atoms with Crippen LogP contribution in [0.2, 0.25) is 0 Å². The van der Waals surface area contributed by atoms with Crippen LogP contribution < -0.4 is 10.6 Å². The first-order valence-electron chi connectivity index (χ1n) is 11.1. The molecule has 3 unspecified atom stereocenters. The van der Waals surface area contributed by atoms with Crippen LogP contribution in [-0.2, 0) is 28.9 Å². The number of hydrogen-bond acceptors (Lipinski definition) is 4. The highest BCUT2D eigenvalue weighted by molar-refractivity contribution is 5.84. The summed E-state index contributed by atoms with van der Waals surface area (Å²) in [5, 5.41) is 6.36. The predicted molar refractivity (Wildman–Crippen MR) is 122 cm³/mol. The Balaban J connectivity index is 1.46. The Morgan fingerprint density at radius 1 is 1.22 bits per heavy atom. The van der Waals surface area contributed by atoms with Crippen LogP contribution in [0.3, 0.4) is 0 Å². The van der Waals surface area contributed by atoms with Crippen LogP contribution >= 0.6 is 0 Å². The fourth-order valence-electron chi connectivity index (χ4n) is 3.85. The molecule has 0 aliphatic carbocycles. The number of nitrogens with zero attached hydrogens (tertiary/aromatic N) is 1. The van der Waals surface area contributed by atoms with Crippen LogP contribution in [-0.4, -0.2) is 37.0 Å². The summed E-state index contributed by atoms with van der Waals surface area (Å²) in [6, 6.07) is 10.00. The molecule has 0 radical (unpaired) electrons. The van der Waals surface area contributed by atoms with Gasteiger partial charge in [0.15, 0.2) is 6.40 Å². The van der Waals surface area contributed by atoms with E-state index in [4.69, 9.17) is 4.74 Å². The highest BCUT2D eigenvalue weighted by Gasteiger charge is 2.34. The van der Waals surface area contributed by atoms with E-state index < -0.39 is 23.8 Å². The summed E-state index contributed by atoms with van der Waals surface area (Å²) >= 11 is 0. The summed E-state index contributed by atoms with van der Waals surface area (Å²) in [5.41, 5.74) is 3.39. The van der Waals surface area contributed by atoms with E-state index >= 15 is 0 Å². The van der Waals surface area contributed by atoms with Crippen LogP contribution in [0.1, 0.15) is 42.5 Å². The molecule has 0 saturated carbocycles. The number of halogens is 2. The van der Waals surface area contributed by atoms with Gasteiger partial charge in [0, 0.05) is 25.1 Å². The number of hydrogen-bond donors (Lipinski definition) is 2. The molecule has 5 nitrogen and oxygen atoms in total. The van der Waals surface area contributed by atoms with Gasteiger partial charge in [-0.2, -0.15) is 0 Å². The molecule has 2 aromatic rings. The van der Waals surface area contributed by atoms with Crippen LogP contribution in [0.4, 0.5) is 8.78 Å². The summed E-state index contributed by atoms with van der Waals surface area (Å²) in [6.07, 6.45) is 2.34. The molecule has 1 amide bonds. The molecule has 1 heterocycles.